The van der Waals surface area contributed by atoms with Crippen molar-refractivity contribution in [3.8, 4) is 0 Å². The summed E-state index contributed by atoms with van der Waals surface area (Å²) in [6.45, 7) is 3.36. The topological polar surface area (TPSA) is 71.1 Å². The molecular weight excluding hydrogens is 254 g/mol. The van der Waals surface area contributed by atoms with Crippen molar-refractivity contribution in [3.63, 3.8) is 0 Å². The predicted octanol–water partition coefficient (Wildman–Crippen LogP) is 2.60. The van der Waals surface area contributed by atoms with Gasteiger partial charge in [0.15, 0.2) is 0 Å². The molecule has 0 unspecified atom stereocenters. The van der Waals surface area contributed by atoms with E-state index in [1.807, 2.05) is 13.0 Å². The standard InChI is InChI=1S/C15H15N3O2/c1-10-7-8-16-14(9-10)18-15(20)12-3-5-13(6-4-12)17-11(2)19/h3-9H,1-2H3,(H,17,19)(H,16,18,20). The van der Waals surface area contributed by atoms with Crippen LogP contribution < -0.4 is 10.6 Å². The molecular formula is C15H15N3O2. The van der Waals surface area contributed by atoms with Crippen molar-refractivity contribution in [2.24, 2.45) is 0 Å². The molecule has 0 aliphatic rings. The minimum Gasteiger partial charge on any atom is -0.326 e. The summed E-state index contributed by atoms with van der Waals surface area (Å²) < 4.78 is 0. The van der Waals surface area contributed by atoms with Crippen LogP contribution in [0.25, 0.3) is 0 Å². The van der Waals surface area contributed by atoms with Gasteiger partial charge >= 0.3 is 0 Å². The average Bonchev–Trinajstić information content (AvgIpc) is 2.38. The number of aromatic nitrogens is 1. The Kier molecular flexibility index (Phi) is 4.10. The summed E-state index contributed by atoms with van der Waals surface area (Å²) in [4.78, 5) is 27.0. The summed E-state index contributed by atoms with van der Waals surface area (Å²) in [5.41, 5.74) is 2.18. The Balaban J connectivity index is 2.07. The van der Waals surface area contributed by atoms with Crippen LogP contribution in [0.15, 0.2) is 42.6 Å². The molecule has 0 bridgehead atoms. The third-order valence-corrected chi connectivity index (χ3v) is 2.62. The number of benzene rings is 1. The van der Waals surface area contributed by atoms with Crippen LogP contribution in [0.4, 0.5) is 11.5 Å². The van der Waals surface area contributed by atoms with Gasteiger partial charge in [0.2, 0.25) is 5.91 Å². The molecule has 0 fully saturated rings. The average molecular weight is 269 g/mol. The third-order valence-electron chi connectivity index (χ3n) is 2.62. The summed E-state index contributed by atoms with van der Waals surface area (Å²) >= 11 is 0. The Morgan fingerprint density at radius 1 is 1.05 bits per heavy atom. The van der Waals surface area contributed by atoms with Crippen molar-refractivity contribution >= 4 is 23.3 Å². The van der Waals surface area contributed by atoms with Gasteiger partial charge in [0, 0.05) is 24.4 Å². The second kappa shape index (κ2) is 5.97. The number of rotatable bonds is 3. The predicted molar refractivity (Wildman–Crippen MR) is 77.7 cm³/mol. The molecule has 102 valence electrons. The molecule has 1 aromatic heterocycles. The second-order valence-corrected chi connectivity index (χ2v) is 4.43. The van der Waals surface area contributed by atoms with Crippen LogP contribution in [0, 0.1) is 6.92 Å². The SMILES string of the molecule is CC(=O)Nc1ccc(C(=O)Nc2cc(C)ccn2)cc1. The number of carbonyl (C=O) groups is 2. The Bertz CT molecular complexity index is 636. The summed E-state index contributed by atoms with van der Waals surface area (Å²) in [6, 6.07) is 10.3. The molecule has 1 heterocycles. The molecule has 2 N–H and O–H groups in total. The van der Waals surface area contributed by atoms with Crippen molar-refractivity contribution in [1.82, 2.24) is 4.98 Å². The largest absolute Gasteiger partial charge is 0.326 e. The van der Waals surface area contributed by atoms with E-state index in [2.05, 4.69) is 15.6 Å². The van der Waals surface area contributed by atoms with E-state index in [4.69, 9.17) is 0 Å². The molecule has 0 spiro atoms. The van der Waals surface area contributed by atoms with Gasteiger partial charge in [0.25, 0.3) is 5.91 Å². The molecule has 1 aromatic carbocycles. The first kappa shape index (κ1) is 13.7. The first-order valence-electron chi connectivity index (χ1n) is 6.16. The van der Waals surface area contributed by atoms with Gasteiger partial charge in [0.1, 0.15) is 5.82 Å². The van der Waals surface area contributed by atoms with Gasteiger partial charge < -0.3 is 10.6 Å². The van der Waals surface area contributed by atoms with Crippen LogP contribution in [-0.2, 0) is 4.79 Å². The van der Waals surface area contributed by atoms with Crippen LogP contribution in [0.5, 0.6) is 0 Å². The fourth-order valence-corrected chi connectivity index (χ4v) is 1.70. The maximum Gasteiger partial charge on any atom is 0.256 e. The Labute approximate surface area is 117 Å². The molecule has 0 radical (unpaired) electrons. The molecule has 5 nitrogen and oxygen atoms in total. The molecule has 2 aromatic rings. The lowest BCUT2D eigenvalue weighted by molar-refractivity contribution is -0.114. The van der Waals surface area contributed by atoms with Gasteiger partial charge in [-0.05, 0) is 48.9 Å². The van der Waals surface area contributed by atoms with Gasteiger partial charge in [0.05, 0.1) is 0 Å². The van der Waals surface area contributed by atoms with E-state index < -0.39 is 0 Å². The number of pyridine rings is 1. The molecule has 0 aliphatic carbocycles. The fraction of sp³-hybridized carbons (Fsp3) is 0.133. The highest BCUT2D eigenvalue weighted by molar-refractivity contribution is 6.04. The highest BCUT2D eigenvalue weighted by Crippen LogP contribution is 2.12. The third kappa shape index (κ3) is 3.65. The first-order chi connectivity index (χ1) is 9.54. The van der Waals surface area contributed by atoms with Crippen molar-refractivity contribution in [3.05, 3.63) is 53.7 Å². The second-order valence-electron chi connectivity index (χ2n) is 4.43. The molecule has 2 amide bonds. The number of anilines is 2. The number of nitrogens with zero attached hydrogens (tertiary/aromatic N) is 1. The van der Waals surface area contributed by atoms with Crippen LogP contribution >= 0.6 is 0 Å². The van der Waals surface area contributed by atoms with Crippen molar-refractivity contribution in [2.45, 2.75) is 13.8 Å². The Hall–Kier alpha value is -2.69. The van der Waals surface area contributed by atoms with Gasteiger partial charge in [-0.1, -0.05) is 0 Å². The van der Waals surface area contributed by atoms with E-state index in [9.17, 15) is 9.59 Å². The monoisotopic (exact) mass is 269 g/mol. The van der Waals surface area contributed by atoms with E-state index in [1.54, 1.807) is 36.5 Å². The minimum atomic E-state index is -0.238. The van der Waals surface area contributed by atoms with E-state index in [-0.39, 0.29) is 11.8 Å². The van der Waals surface area contributed by atoms with E-state index in [0.717, 1.165) is 5.56 Å². The molecule has 0 saturated heterocycles. The number of aryl methyl sites for hydroxylation is 1. The van der Waals surface area contributed by atoms with Crippen LogP contribution in [0.3, 0.4) is 0 Å². The molecule has 0 saturated carbocycles. The van der Waals surface area contributed by atoms with Crippen LogP contribution in [0.2, 0.25) is 0 Å². The van der Waals surface area contributed by atoms with Gasteiger partial charge in [-0.2, -0.15) is 0 Å². The van der Waals surface area contributed by atoms with Crippen LogP contribution in [-0.4, -0.2) is 16.8 Å². The number of nitrogens with one attached hydrogen (secondary N) is 2. The maximum absolute atomic E-state index is 12.0. The molecule has 0 atom stereocenters. The highest BCUT2D eigenvalue weighted by Gasteiger charge is 2.07. The van der Waals surface area contributed by atoms with E-state index >= 15 is 0 Å². The Morgan fingerprint density at radius 3 is 2.35 bits per heavy atom. The number of amides is 2. The molecule has 2 rings (SSSR count). The summed E-state index contributed by atoms with van der Waals surface area (Å²) in [7, 11) is 0. The van der Waals surface area contributed by atoms with Crippen molar-refractivity contribution in [1.29, 1.82) is 0 Å². The minimum absolute atomic E-state index is 0.147. The number of hydrogen-bond donors (Lipinski definition) is 2. The first-order valence-corrected chi connectivity index (χ1v) is 6.16. The Morgan fingerprint density at radius 2 is 1.75 bits per heavy atom. The highest BCUT2D eigenvalue weighted by atomic mass is 16.2. The lowest BCUT2D eigenvalue weighted by Crippen LogP contribution is -2.13. The molecule has 20 heavy (non-hydrogen) atoms. The van der Waals surface area contributed by atoms with Crippen LogP contribution in [0.1, 0.15) is 22.8 Å². The smallest absolute Gasteiger partial charge is 0.256 e. The quantitative estimate of drug-likeness (QED) is 0.899. The summed E-state index contributed by atoms with van der Waals surface area (Å²) in [5.74, 6) is 0.129. The van der Waals surface area contributed by atoms with Gasteiger partial charge in [-0.25, -0.2) is 4.98 Å². The number of hydrogen-bond acceptors (Lipinski definition) is 3. The van der Waals surface area contributed by atoms with Crippen molar-refractivity contribution < 1.29 is 9.59 Å². The molecule has 5 heteroatoms. The van der Waals surface area contributed by atoms with E-state index in [1.165, 1.54) is 6.92 Å². The summed E-state index contributed by atoms with van der Waals surface area (Å²) in [5, 5.41) is 5.37. The lowest BCUT2D eigenvalue weighted by atomic mass is 10.2. The van der Waals surface area contributed by atoms with Crippen molar-refractivity contribution in [2.75, 3.05) is 10.6 Å². The zero-order valence-electron chi connectivity index (χ0n) is 11.3. The zero-order valence-corrected chi connectivity index (χ0v) is 11.3. The molecule has 0 aliphatic heterocycles. The normalized spacial score (nSPS) is 9.90. The van der Waals surface area contributed by atoms with E-state index in [0.29, 0.717) is 17.1 Å². The fourth-order valence-electron chi connectivity index (χ4n) is 1.70. The maximum atomic E-state index is 12.0. The lowest BCUT2D eigenvalue weighted by Gasteiger charge is -2.06. The van der Waals surface area contributed by atoms with Gasteiger partial charge in [-0.3, -0.25) is 9.59 Å². The summed E-state index contributed by atoms with van der Waals surface area (Å²) in [6.07, 6.45) is 1.64. The zero-order chi connectivity index (χ0) is 14.5. The van der Waals surface area contributed by atoms with Gasteiger partial charge in [-0.15, -0.1) is 0 Å². The number of carbonyl (C=O) groups excluding carboxylic acids is 2.